The highest BCUT2D eigenvalue weighted by Gasteiger charge is 2.19. The van der Waals surface area contributed by atoms with Crippen molar-refractivity contribution >= 4 is 12.0 Å². The van der Waals surface area contributed by atoms with Gasteiger partial charge in [-0.1, -0.05) is 39.8 Å². The third-order valence-corrected chi connectivity index (χ3v) is 4.01. The molecule has 0 unspecified atom stereocenters. The molecule has 1 amide bonds. The van der Waals surface area contributed by atoms with Crippen LogP contribution in [0.5, 0.6) is 5.75 Å². The van der Waals surface area contributed by atoms with Gasteiger partial charge in [0.2, 0.25) is 0 Å². The van der Waals surface area contributed by atoms with Gasteiger partial charge in [-0.25, -0.2) is 0 Å². The van der Waals surface area contributed by atoms with Crippen molar-refractivity contribution in [2.45, 2.75) is 47.1 Å². The van der Waals surface area contributed by atoms with Gasteiger partial charge < -0.3 is 9.64 Å². The molecule has 1 rings (SSSR count). The normalized spacial score (nSPS) is 11.8. The van der Waals surface area contributed by atoms with E-state index >= 15 is 0 Å². The first-order chi connectivity index (χ1) is 12.7. The molecule has 0 aliphatic carbocycles. The van der Waals surface area contributed by atoms with E-state index in [1.165, 1.54) is 30.3 Å². The van der Waals surface area contributed by atoms with Crippen LogP contribution in [0, 0.1) is 23.2 Å². The van der Waals surface area contributed by atoms with Crippen LogP contribution < -0.4 is 4.74 Å². The second kappa shape index (κ2) is 11.3. The topological polar surface area (TPSA) is 53.3 Å². The zero-order valence-corrected chi connectivity index (χ0v) is 16.4. The van der Waals surface area contributed by atoms with Gasteiger partial charge in [0, 0.05) is 13.1 Å². The second-order valence-electron chi connectivity index (χ2n) is 7.27. The third-order valence-electron chi connectivity index (χ3n) is 4.01. The molecule has 0 aliphatic heterocycles. The van der Waals surface area contributed by atoms with Gasteiger partial charge in [-0.3, -0.25) is 4.79 Å². The Kier molecular flexibility index (Phi) is 9.49. The van der Waals surface area contributed by atoms with Crippen molar-refractivity contribution in [1.82, 2.24) is 4.90 Å². The van der Waals surface area contributed by atoms with Gasteiger partial charge in [0.15, 0.2) is 0 Å². The van der Waals surface area contributed by atoms with Gasteiger partial charge >= 0.3 is 6.61 Å². The summed E-state index contributed by atoms with van der Waals surface area (Å²) in [5.74, 6) is 0.640. The number of nitriles is 1. The van der Waals surface area contributed by atoms with E-state index in [1.54, 1.807) is 4.90 Å². The lowest BCUT2D eigenvalue weighted by Gasteiger charge is -2.24. The summed E-state index contributed by atoms with van der Waals surface area (Å²) < 4.78 is 28.7. The molecule has 0 aliphatic rings. The lowest BCUT2D eigenvalue weighted by atomic mass is 10.1. The minimum atomic E-state index is -2.89. The predicted octanol–water partition coefficient (Wildman–Crippen LogP) is 5.12. The molecule has 27 heavy (non-hydrogen) atoms. The molecule has 0 saturated carbocycles. The standard InChI is InChI=1S/C21H28F2N2O2/c1-15(2)9-11-25(12-10-16(3)4)20(26)18(14-24)13-17-5-7-19(8-6-17)27-21(22)23/h5-8,13,15-16,21H,9-12H2,1-4H3. The van der Waals surface area contributed by atoms with E-state index in [1.807, 2.05) is 6.07 Å². The number of benzene rings is 1. The van der Waals surface area contributed by atoms with Crippen LogP contribution in [-0.4, -0.2) is 30.5 Å². The van der Waals surface area contributed by atoms with Crippen molar-refractivity contribution in [2.24, 2.45) is 11.8 Å². The average Bonchev–Trinajstić information content (AvgIpc) is 2.59. The predicted molar refractivity (Wildman–Crippen MR) is 102 cm³/mol. The summed E-state index contributed by atoms with van der Waals surface area (Å²) in [6.45, 7) is 6.68. The van der Waals surface area contributed by atoms with Crippen LogP contribution in [0.4, 0.5) is 8.78 Å². The lowest BCUT2D eigenvalue weighted by Crippen LogP contribution is -2.34. The van der Waals surface area contributed by atoms with Crippen LogP contribution in [0.25, 0.3) is 6.08 Å². The molecule has 1 aromatic carbocycles. The summed E-state index contributed by atoms with van der Waals surface area (Å²) in [7, 11) is 0. The van der Waals surface area contributed by atoms with Gasteiger partial charge in [-0.2, -0.15) is 14.0 Å². The molecule has 0 spiro atoms. The summed E-state index contributed by atoms with van der Waals surface area (Å²) in [6, 6.07) is 7.81. The zero-order valence-electron chi connectivity index (χ0n) is 16.4. The van der Waals surface area contributed by atoms with Gasteiger partial charge in [0.1, 0.15) is 17.4 Å². The highest BCUT2D eigenvalue weighted by molar-refractivity contribution is 6.01. The molecule has 1 aromatic rings. The van der Waals surface area contributed by atoms with Crippen LogP contribution in [0.2, 0.25) is 0 Å². The number of rotatable bonds is 10. The molecule has 148 valence electrons. The Bertz CT molecular complexity index is 650. The summed E-state index contributed by atoms with van der Waals surface area (Å²) in [4.78, 5) is 14.6. The fourth-order valence-electron chi connectivity index (χ4n) is 2.37. The van der Waals surface area contributed by atoms with Crippen LogP contribution in [-0.2, 0) is 4.79 Å². The Morgan fingerprint density at radius 2 is 1.63 bits per heavy atom. The van der Waals surface area contributed by atoms with Gasteiger partial charge in [0.05, 0.1) is 0 Å². The maximum Gasteiger partial charge on any atom is 0.387 e. The van der Waals surface area contributed by atoms with E-state index in [4.69, 9.17) is 0 Å². The molecular weight excluding hydrogens is 350 g/mol. The van der Waals surface area contributed by atoms with Crippen molar-refractivity contribution in [3.8, 4) is 11.8 Å². The molecule has 0 aromatic heterocycles. The first kappa shape index (κ1) is 22.6. The Hall–Kier alpha value is -2.42. The summed E-state index contributed by atoms with van der Waals surface area (Å²) >= 11 is 0. The number of hydrogen-bond donors (Lipinski definition) is 0. The Morgan fingerprint density at radius 3 is 2.04 bits per heavy atom. The minimum absolute atomic E-state index is 0.0301. The molecule has 0 heterocycles. The quantitative estimate of drug-likeness (QED) is 0.420. The number of ether oxygens (including phenoxy) is 1. The van der Waals surface area contributed by atoms with E-state index < -0.39 is 6.61 Å². The number of hydrogen-bond acceptors (Lipinski definition) is 3. The first-order valence-electron chi connectivity index (χ1n) is 9.18. The van der Waals surface area contributed by atoms with E-state index in [0.29, 0.717) is 30.5 Å². The van der Waals surface area contributed by atoms with Crippen molar-refractivity contribution in [3.05, 3.63) is 35.4 Å². The smallest absolute Gasteiger partial charge is 0.387 e. The van der Waals surface area contributed by atoms with E-state index in [0.717, 1.165) is 12.8 Å². The molecule has 0 N–H and O–H groups in total. The monoisotopic (exact) mass is 378 g/mol. The second-order valence-corrected chi connectivity index (χ2v) is 7.27. The Balaban J connectivity index is 2.95. The van der Waals surface area contributed by atoms with E-state index in [-0.39, 0.29) is 17.2 Å². The van der Waals surface area contributed by atoms with Crippen molar-refractivity contribution in [2.75, 3.05) is 13.1 Å². The third kappa shape index (κ3) is 8.67. The summed E-state index contributed by atoms with van der Waals surface area (Å²) in [6.07, 6.45) is 3.21. The number of amides is 1. The highest BCUT2D eigenvalue weighted by Crippen LogP contribution is 2.18. The molecule has 6 heteroatoms. The highest BCUT2D eigenvalue weighted by atomic mass is 19.3. The zero-order chi connectivity index (χ0) is 20.4. The first-order valence-corrected chi connectivity index (χ1v) is 9.18. The van der Waals surface area contributed by atoms with Crippen LogP contribution in [0.15, 0.2) is 29.8 Å². The van der Waals surface area contributed by atoms with Gasteiger partial charge in [-0.05, 0) is 48.4 Å². The average molecular weight is 378 g/mol. The van der Waals surface area contributed by atoms with Crippen LogP contribution in [0.1, 0.15) is 46.1 Å². The number of alkyl halides is 2. The summed E-state index contributed by atoms with van der Waals surface area (Å²) in [5.41, 5.74) is 0.610. The van der Waals surface area contributed by atoms with Gasteiger partial charge in [-0.15, -0.1) is 0 Å². The molecule has 0 fully saturated rings. The fraction of sp³-hybridized carbons (Fsp3) is 0.524. The van der Waals surface area contributed by atoms with E-state index in [2.05, 4.69) is 32.4 Å². The Morgan fingerprint density at radius 1 is 1.11 bits per heavy atom. The fourth-order valence-corrected chi connectivity index (χ4v) is 2.37. The molecule has 0 saturated heterocycles. The SMILES string of the molecule is CC(C)CCN(CCC(C)C)C(=O)C(C#N)=Cc1ccc(OC(F)F)cc1. The largest absolute Gasteiger partial charge is 0.435 e. The van der Waals surface area contributed by atoms with Crippen molar-refractivity contribution in [1.29, 1.82) is 5.26 Å². The van der Waals surface area contributed by atoms with Crippen molar-refractivity contribution in [3.63, 3.8) is 0 Å². The maximum atomic E-state index is 12.8. The van der Waals surface area contributed by atoms with Crippen LogP contribution in [0.3, 0.4) is 0 Å². The number of halogens is 2. The lowest BCUT2D eigenvalue weighted by molar-refractivity contribution is -0.127. The maximum absolute atomic E-state index is 12.8. The Labute approximate surface area is 160 Å². The summed E-state index contributed by atoms with van der Waals surface area (Å²) in [5, 5.41) is 9.45. The molecule has 0 atom stereocenters. The van der Waals surface area contributed by atoms with Crippen LogP contribution >= 0.6 is 0 Å². The van der Waals surface area contributed by atoms with Gasteiger partial charge in [0.25, 0.3) is 5.91 Å². The molecule has 4 nitrogen and oxygen atoms in total. The molecule has 0 bridgehead atoms. The minimum Gasteiger partial charge on any atom is -0.435 e. The number of nitrogens with zero attached hydrogens (tertiary/aromatic N) is 2. The van der Waals surface area contributed by atoms with Crippen molar-refractivity contribution < 1.29 is 18.3 Å². The number of carbonyl (C=O) groups is 1. The van der Waals surface area contributed by atoms with E-state index in [9.17, 15) is 18.8 Å². The molecular formula is C21H28F2N2O2. The molecule has 0 radical (unpaired) electrons. The number of carbonyl (C=O) groups excluding carboxylic acids is 1.